The van der Waals surface area contributed by atoms with Crippen molar-refractivity contribution in [3.05, 3.63) is 44.9 Å². The van der Waals surface area contributed by atoms with Gasteiger partial charge in [-0.1, -0.05) is 17.8 Å². The van der Waals surface area contributed by atoms with Crippen LogP contribution in [-0.2, 0) is 7.05 Å². The Hall–Kier alpha value is -1.97. The van der Waals surface area contributed by atoms with E-state index >= 15 is 0 Å². The third kappa shape index (κ3) is 3.03. The molecular formula is C18H17N5OS3. The molecule has 4 aromatic heterocycles. The number of aromatic amines is 1. The minimum Gasteiger partial charge on any atom is -0.309 e. The summed E-state index contributed by atoms with van der Waals surface area (Å²) in [6.45, 7) is 2.04. The zero-order valence-corrected chi connectivity index (χ0v) is 17.2. The van der Waals surface area contributed by atoms with E-state index < -0.39 is 0 Å². The number of thiophene rings is 2. The predicted molar refractivity (Wildman–Crippen MR) is 111 cm³/mol. The van der Waals surface area contributed by atoms with Crippen molar-refractivity contribution in [3.8, 4) is 10.4 Å². The molecule has 9 heteroatoms. The van der Waals surface area contributed by atoms with Crippen LogP contribution in [0.5, 0.6) is 0 Å². The van der Waals surface area contributed by atoms with Crippen LogP contribution in [0.4, 0.5) is 0 Å². The van der Waals surface area contributed by atoms with Gasteiger partial charge in [0.25, 0.3) is 5.56 Å². The summed E-state index contributed by atoms with van der Waals surface area (Å²) in [6.07, 6.45) is 2.39. The lowest BCUT2D eigenvalue weighted by molar-refractivity contribution is 0.733. The number of nitrogens with one attached hydrogen (secondary N) is 1. The van der Waals surface area contributed by atoms with Crippen molar-refractivity contribution >= 4 is 44.7 Å². The fraction of sp³-hybridized carbons (Fsp3) is 0.333. The van der Waals surface area contributed by atoms with Gasteiger partial charge in [-0.3, -0.25) is 4.79 Å². The molecule has 4 aromatic rings. The highest BCUT2D eigenvalue weighted by Crippen LogP contribution is 2.41. The first-order chi connectivity index (χ1) is 13.1. The van der Waals surface area contributed by atoms with Crippen molar-refractivity contribution in [2.24, 2.45) is 7.05 Å². The Morgan fingerprint density at radius 3 is 2.93 bits per heavy atom. The lowest BCUT2D eigenvalue weighted by Gasteiger charge is -2.10. The Morgan fingerprint density at radius 2 is 2.19 bits per heavy atom. The number of thioether (sulfide) groups is 1. The average Bonchev–Trinajstić information content (AvgIpc) is 3.06. The minimum atomic E-state index is -0.0799. The molecular weight excluding hydrogens is 398 g/mol. The van der Waals surface area contributed by atoms with Gasteiger partial charge < -0.3 is 9.55 Å². The zero-order valence-electron chi connectivity index (χ0n) is 14.8. The summed E-state index contributed by atoms with van der Waals surface area (Å²) in [5.41, 5.74) is 0.886. The summed E-state index contributed by atoms with van der Waals surface area (Å²) < 4.78 is 2.06. The monoisotopic (exact) mass is 415 g/mol. The van der Waals surface area contributed by atoms with Gasteiger partial charge in [-0.05, 0) is 31.2 Å². The molecule has 0 bridgehead atoms. The van der Waals surface area contributed by atoms with Gasteiger partial charge in [0.1, 0.15) is 16.5 Å². The van der Waals surface area contributed by atoms with Crippen molar-refractivity contribution in [2.75, 3.05) is 0 Å². The molecule has 27 heavy (non-hydrogen) atoms. The molecule has 5 rings (SSSR count). The standard InChI is InChI=1S/C18H17N5OS3/c1-9(27-18-22-21-15(23(18)2)10-5-6-10)14-19-16(24)13-11(8-26-17(13)20-14)12-4-3-7-25-12/h3-4,7-10H,5-6H2,1-2H3,(H,19,20,24). The number of aromatic nitrogens is 5. The molecule has 1 aliphatic carbocycles. The largest absolute Gasteiger partial charge is 0.309 e. The second-order valence-corrected chi connectivity index (χ2v) is 9.81. The van der Waals surface area contributed by atoms with Crippen LogP contribution in [0, 0.1) is 0 Å². The lowest BCUT2D eigenvalue weighted by atomic mass is 10.2. The normalized spacial score (nSPS) is 15.5. The summed E-state index contributed by atoms with van der Waals surface area (Å²) in [5.74, 6) is 2.29. The summed E-state index contributed by atoms with van der Waals surface area (Å²) >= 11 is 4.72. The summed E-state index contributed by atoms with van der Waals surface area (Å²) in [5, 5.41) is 14.2. The van der Waals surface area contributed by atoms with Gasteiger partial charge in [-0.25, -0.2) is 4.98 Å². The van der Waals surface area contributed by atoms with E-state index in [9.17, 15) is 4.79 Å². The van der Waals surface area contributed by atoms with Crippen LogP contribution in [0.15, 0.2) is 32.8 Å². The Morgan fingerprint density at radius 1 is 1.33 bits per heavy atom. The predicted octanol–water partition coefficient (Wildman–Crippen LogP) is 4.57. The molecule has 1 fully saturated rings. The van der Waals surface area contributed by atoms with Crippen molar-refractivity contribution in [2.45, 2.75) is 36.1 Å². The van der Waals surface area contributed by atoms with Crippen molar-refractivity contribution in [1.82, 2.24) is 24.7 Å². The zero-order chi connectivity index (χ0) is 18.5. The van der Waals surface area contributed by atoms with E-state index in [2.05, 4.69) is 19.7 Å². The van der Waals surface area contributed by atoms with Crippen LogP contribution in [0.3, 0.4) is 0 Å². The van der Waals surface area contributed by atoms with E-state index in [0.717, 1.165) is 26.3 Å². The molecule has 0 amide bonds. The Kier molecular flexibility index (Phi) is 4.18. The van der Waals surface area contributed by atoms with Crippen LogP contribution < -0.4 is 5.56 Å². The van der Waals surface area contributed by atoms with Crippen molar-refractivity contribution in [3.63, 3.8) is 0 Å². The number of fused-ring (bicyclic) bond motifs is 1. The van der Waals surface area contributed by atoms with E-state index in [4.69, 9.17) is 4.98 Å². The van der Waals surface area contributed by atoms with Gasteiger partial charge in [0.2, 0.25) is 0 Å². The Bertz CT molecular complexity index is 1170. The first kappa shape index (κ1) is 17.2. The van der Waals surface area contributed by atoms with Gasteiger partial charge in [0, 0.05) is 28.8 Å². The highest BCUT2D eigenvalue weighted by Gasteiger charge is 2.30. The molecule has 0 radical (unpaired) electrons. The van der Waals surface area contributed by atoms with Gasteiger partial charge in [0.15, 0.2) is 5.16 Å². The molecule has 6 nitrogen and oxygen atoms in total. The number of hydrogen-bond donors (Lipinski definition) is 1. The van der Waals surface area contributed by atoms with Crippen molar-refractivity contribution < 1.29 is 0 Å². The van der Waals surface area contributed by atoms with Gasteiger partial charge >= 0.3 is 0 Å². The molecule has 1 aliphatic rings. The molecule has 1 unspecified atom stereocenters. The average molecular weight is 416 g/mol. The molecule has 0 aliphatic heterocycles. The van der Waals surface area contributed by atoms with Gasteiger partial charge in [0.05, 0.1) is 10.6 Å². The second-order valence-electron chi connectivity index (χ2n) is 6.69. The lowest BCUT2D eigenvalue weighted by Crippen LogP contribution is -2.12. The first-order valence-corrected chi connectivity index (χ1v) is 11.4. The topological polar surface area (TPSA) is 76.5 Å². The highest BCUT2D eigenvalue weighted by molar-refractivity contribution is 7.99. The van der Waals surface area contributed by atoms with Crippen LogP contribution in [0.1, 0.15) is 42.6 Å². The molecule has 4 heterocycles. The molecule has 0 aromatic carbocycles. The van der Waals surface area contributed by atoms with Crippen LogP contribution in [0.25, 0.3) is 20.7 Å². The summed E-state index contributed by atoms with van der Waals surface area (Å²) in [7, 11) is 2.01. The Labute approximate surface area is 167 Å². The van der Waals surface area contributed by atoms with Gasteiger partial charge in [-0.15, -0.1) is 32.9 Å². The minimum absolute atomic E-state index is 0.0238. The molecule has 1 saturated carbocycles. The maximum absolute atomic E-state index is 12.8. The first-order valence-electron chi connectivity index (χ1n) is 8.73. The fourth-order valence-corrected chi connectivity index (χ4v) is 5.76. The quantitative estimate of drug-likeness (QED) is 0.483. The van der Waals surface area contributed by atoms with E-state index in [1.807, 2.05) is 36.9 Å². The second kappa shape index (κ2) is 6.57. The molecule has 0 saturated heterocycles. The van der Waals surface area contributed by atoms with Crippen LogP contribution in [0.2, 0.25) is 0 Å². The van der Waals surface area contributed by atoms with Crippen molar-refractivity contribution in [1.29, 1.82) is 0 Å². The van der Waals surface area contributed by atoms with Crippen LogP contribution >= 0.6 is 34.4 Å². The molecule has 1 N–H and O–H groups in total. The number of rotatable bonds is 5. The smallest absolute Gasteiger partial charge is 0.260 e. The number of nitrogens with zero attached hydrogens (tertiary/aromatic N) is 4. The van der Waals surface area contributed by atoms with E-state index in [-0.39, 0.29) is 10.8 Å². The van der Waals surface area contributed by atoms with Crippen LogP contribution in [-0.4, -0.2) is 24.7 Å². The third-order valence-electron chi connectivity index (χ3n) is 4.73. The SMILES string of the molecule is CC(Sc1nnc(C2CC2)n1C)c1nc2scc(-c3cccs3)c2c(=O)[nH]1. The maximum atomic E-state index is 12.8. The van der Waals surface area contributed by atoms with E-state index in [0.29, 0.717) is 17.1 Å². The Balaban J connectivity index is 1.47. The molecule has 1 atom stereocenters. The third-order valence-corrected chi connectivity index (χ3v) is 7.65. The maximum Gasteiger partial charge on any atom is 0.260 e. The van der Waals surface area contributed by atoms with E-state index in [1.165, 1.54) is 24.2 Å². The summed E-state index contributed by atoms with van der Waals surface area (Å²) in [6, 6.07) is 4.03. The molecule has 138 valence electrons. The number of H-pyrrole nitrogens is 1. The highest BCUT2D eigenvalue weighted by atomic mass is 32.2. The summed E-state index contributed by atoms with van der Waals surface area (Å²) in [4.78, 5) is 22.4. The molecule has 0 spiro atoms. The fourth-order valence-electron chi connectivity index (χ4n) is 3.11. The van der Waals surface area contributed by atoms with Gasteiger partial charge in [-0.2, -0.15) is 0 Å². The van der Waals surface area contributed by atoms with E-state index in [1.54, 1.807) is 23.1 Å². The number of hydrogen-bond acceptors (Lipinski definition) is 7.